The van der Waals surface area contributed by atoms with Crippen LogP contribution in [-0.2, 0) is 36.1 Å². The van der Waals surface area contributed by atoms with Gasteiger partial charge in [0.05, 0.1) is 48.1 Å². The second kappa shape index (κ2) is 14.7. The zero-order valence-electron chi connectivity index (χ0n) is 22.9. The van der Waals surface area contributed by atoms with Crippen molar-refractivity contribution >= 4 is 12.6 Å². The molecule has 0 bridgehead atoms. The molecular weight excluding hydrogens is 546 g/mol. The number of methoxy groups -OCH3 is 2. The van der Waals surface area contributed by atoms with Gasteiger partial charge in [0.15, 0.2) is 12.6 Å². The molecule has 12 nitrogen and oxygen atoms in total. The van der Waals surface area contributed by atoms with E-state index in [-0.39, 0.29) is 31.5 Å². The molecule has 4 rings (SSSR count). The van der Waals surface area contributed by atoms with Crippen LogP contribution in [0.3, 0.4) is 0 Å². The van der Waals surface area contributed by atoms with Crippen molar-refractivity contribution in [3.63, 3.8) is 0 Å². The van der Waals surface area contributed by atoms with E-state index in [2.05, 4.69) is 9.97 Å². The van der Waals surface area contributed by atoms with Crippen molar-refractivity contribution in [1.82, 2.24) is 9.97 Å². The number of benzene rings is 2. The molecule has 2 heterocycles. The summed E-state index contributed by atoms with van der Waals surface area (Å²) in [5.41, 5.74) is 2.81. The van der Waals surface area contributed by atoms with Gasteiger partial charge in [-0.15, -0.1) is 0 Å². The van der Waals surface area contributed by atoms with Crippen molar-refractivity contribution in [2.45, 2.75) is 26.4 Å². The van der Waals surface area contributed by atoms with E-state index in [1.54, 1.807) is 72.8 Å². The summed E-state index contributed by atoms with van der Waals surface area (Å²) >= 11 is 0. The molecule has 0 atom stereocenters. The quantitative estimate of drug-likeness (QED) is 0.137. The molecule has 0 unspecified atom stereocenters. The number of ether oxygens (including phenoxy) is 4. The predicted molar refractivity (Wildman–Crippen MR) is 147 cm³/mol. The van der Waals surface area contributed by atoms with E-state index in [4.69, 9.17) is 28.6 Å². The van der Waals surface area contributed by atoms with Crippen LogP contribution in [0.15, 0.2) is 72.8 Å². The summed E-state index contributed by atoms with van der Waals surface area (Å²) in [6.45, 7) is -0.146. The number of hydrogen-bond donors (Lipinski definition) is 0. The first-order valence-corrected chi connectivity index (χ1v) is 12.7. The summed E-state index contributed by atoms with van der Waals surface area (Å²) in [7, 11) is 3.04. The number of aldehydes is 2. The summed E-state index contributed by atoms with van der Waals surface area (Å²) in [4.78, 5) is 53.8. The Labute approximate surface area is 241 Å². The molecule has 2 aromatic carbocycles. The van der Waals surface area contributed by atoms with E-state index < -0.39 is 0 Å². The fraction of sp³-hybridized carbons (Fsp3) is 0.200. The molecule has 42 heavy (non-hydrogen) atoms. The Kier molecular flexibility index (Phi) is 10.3. The van der Waals surface area contributed by atoms with E-state index in [1.165, 1.54) is 14.2 Å². The maximum Gasteiger partial charge on any atom is 0.478 e. The van der Waals surface area contributed by atoms with Gasteiger partial charge in [0.25, 0.3) is 0 Å². The molecule has 0 fully saturated rings. The van der Waals surface area contributed by atoms with Crippen molar-refractivity contribution in [3.8, 4) is 23.0 Å². The molecule has 4 aromatic rings. The van der Waals surface area contributed by atoms with Crippen LogP contribution >= 0.6 is 0 Å². The Morgan fingerprint density at radius 1 is 0.619 bits per heavy atom. The van der Waals surface area contributed by atoms with Crippen LogP contribution in [0.1, 0.15) is 43.5 Å². The molecule has 0 spiro atoms. The Morgan fingerprint density at radius 2 is 1.02 bits per heavy atom. The molecular formula is C30H28N3O9+. The molecule has 0 saturated carbocycles. The molecule has 0 aliphatic heterocycles. The van der Waals surface area contributed by atoms with Crippen LogP contribution in [0.25, 0.3) is 0 Å². The normalized spacial score (nSPS) is 10.3. The lowest BCUT2D eigenvalue weighted by Crippen LogP contribution is -2.12. The van der Waals surface area contributed by atoms with Gasteiger partial charge in [0.2, 0.25) is 13.2 Å². The van der Waals surface area contributed by atoms with Crippen LogP contribution in [-0.4, -0.2) is 41.8 Å². The monoisotopic (exact) mass is 574 g/mol. The minimum absolute atomic E-state index is 0.00504. The first-order chi connectivity index (χ1) is 20.5. The van der Waals surface area contributed by atoms with Gasteiger partial charge >= 0.3 is 5.09 Å². The van der Waals surface area contributed by atoms with Crippen molar-refractivity contribution < 1.29 is 43.3 Å². The second-order valence-corrected chi connectivity index (χ2v) is 8.63. The average Bonchev–Trinajstić information content (AvgIpc) is 3.04. The van der Waals surface area contributed by atoms with Crippen LogP contribution in [0, 0.1) is 4.91 Å². The largest absolute Gasteiger partial charge is 0.497 e. The molecule has 2 aromatic heterocycles. The van der Waals surface area contributed by atoms with E-state index >= 15 is 0 Å². The second-order valence-electron chi connectivity index (χ2n) is 8.63. The third kappa shape index (κ3) is 8.24. The number of carbonyl (C=O) groups is 2. The third-order valence-electron chi connectivity index (χ3n) is 5.81. The highest BCUT2D eigenvalue weighted by molar-refractivity contribution is 5.80. The zero-order chi connectivity index (χ0) is 29.7. The number of carbonyl (C=O) groups excluding carboxylic acids is 2. The lowest BCUT2D eigenvalue weighted by Gasteiger charge is -2.10. The molecule has 0 radical (unpaired) electrons. The summed E-state index contributed by atoms with van der Waals surface area (Å²) < 4.78 is 21.9. The number of rotatable bonds is 16. The molecule has 0 aliphatic carbocycles. The molecule has 216 valence electrons. The average molecular weight is 575 g/mol. The van der Waals surface area contributed by atoms with Crippen molar-refractivity contribution in [2.24, 2.45) is 0 Å². The third-order valence-corrected chi connectivity index (χ3v) is 5.81. The van der Waals surface area contributed by atoms with Crippen molar-refractivity contribution in [3.05, 3.63) is 112 Å². The SMILES string of the molecule is COc1ccc(C=O)c(OCc2cccc(CO[N+](=O)OCc3cccc(COc4cc(OC)ccc4C=O)n3)n2)c1. The Bertz CT molecular complexity index is 1430. The van der Waals surface area contributed by atoms with Crippen molar-refractivity contribution in [1.29, 1.82) is 0 Å². The van der Waals surface area contributed by atoms with E-state index in [0.717, 1.165) is 0 Å². The lowest BCUT2D eigenvalue weighted by molar-refractivity contribution is -0.987. The molecule has 0 saturated heterocycles. The fourth-order valence-corrected chi connectivity index (χ4v) is 3.69. The smallest absolute Gasteiger partial charge is 0.478 e. The van der Waals surface area contributed by atoms with Crippen LogP contribution in [0.4, 0.5) is 0 Å². The van der Waals surface area contributed by atoms with Gasteiger partial charge in [-0.1, -0.05) is 12.1 Å². The molecule has 0 N–H and O–H groups in total. The van der Waals surface area contributed by atoms with Crippen LogP contribution < -0.4 is 18.9 Å². The molecule has 12 heteroatoms. The van der Waals surface area contributed by atoms with Gasteiger partial charge in [-0.25, -0.2) is 0 Å². The van der Waals surface area contributed by atoms with E-state index in [1.807, 2.05) is 0 Å². The number of pyridine rings is 2. The first-order valence-electron chi connectivity index (χ1n) is 12.7. The van der Waals surface area contributed by atoms with E-state index in [9.17, 15) is 14.5 Å². The van der Waals surface area contributed by atoms with Gasteiger partial charge in [0, 0.05) is 12.1 Å². The van der Waals surface area contributed by atoms with Gasteiger partial charge in [-0.2, -0.15) is 9.68 Å². The van der Waals surface area contributed by atoms with Gasteiger partial charge in [-0.3, -0.25) is 19.6 Å². The Hall–Kier alpha value is -5.52. The topological polar surface area (TPSA) is 135 Å². The summed E-state index contributed by atoms with van der Waals surface area (Å²) in [5, 5.41) is -0.00504. The van der Waals surface area contributed by atoms with Gasteiger partial charge in [0.1, 0.15) is 41.1 Å². The lowest BCUT2D eigenvalue weighted by atomic mass is 10.2. The molecule has 0 aliphatic rings. The van der Waals surface area contributed by atoms with Gasteiger partial charge in [-0.05, 0) is 48.5 Å². The minimum atomic E-state index is -0.156. The standard InChI is InChI=1S/C30H28N3O9/c1-37-27-11-9-21(15-34)29(13-27)39-17-23-5-3-7-25(31-23)19-41-33(36)42-20-26-8-4-6-24(32-26)18-40-30-14-28(38-2)12-10-22(30)16-35/h3-16H,17-20H2,1-2H3/q+1. The highest BCUT2D eigenvalue weighted by Crippen LogP contribution is 2.25. The van der Waals surface area contributed by atoms with Crippen molar-refractivity contribution in [2.75, 3.05) is 14.2 Å². The molecule has 0 amide bonds. The highest BCUT2D eigenvalue weighted by atomic mass is 17.0. The summed E-state index contributed by atoms with van der Waals surface area (Å²) in [6, 6.07) is 20.1. The summed E-state index contributed by atoms with van der Waals surface area (Å²) in [5.74, 6) is 1.83. The van der Waals surface area contributed by atoms with Crippen LogP contribution in [0.2, 0.25) is 0 Å². The fourth-order valence-electron chi connectivity index (χ4n) is 3.69. The Morgan fingerprint density at radius 3 is 1.40 bits per heavy atom. The first kappa shape index (κ1) is 29.5. The number of aromatic nitrogens is 2. The van der Waals surface area contributed by atoms with Gasteiger partial charge < -0.3 is 18.9 Å². The predicted octanol–water partition coefficient (Wildman–Crippen LogP) is 4.62. The maximum absolute atomic E-state index is 12.1. The van der Waals surface area contributed by atoms with E-state index in [0.29, 0.717) is 69.5 Å². The highest BCUT2D eigenvalue weighted by Gasteiger charge is 2.16. The minimum Gasteiger partial charge on any atom is -0.497 e. The number of nitrogens with zero attached hydrogens (tertiary/aromatic N) is 3. The zero-order valence-corrected chi connectivity index (χ0v) is 22.9. The number of hydrogen-bond acceptors (Lipinski definition) is 11. The Balaban J connectivity index is 1.26. The van der Waals surface area contributed by atoms with Crippen LogP contribution in [0.5, 0.6) is 23.0 Å². The maximum atomic E-state index is 12.1. The summed E-state index contributed by atoms with van der Waals surface area (Å²) in [6.07, 6.45) is 1.39.